The Kier molecular flexibility index (Phi) is 4.84. The normalized spacial score (nSPS) is 14.6. The molecule has 19 heavy (non-hydrogen) atoms. The molecule has 4 N–H and O–H groups in total. The second kappa shape index (κ2) is 5.98. The van der Waals surface area contributed by atoms with Gasteiger partial charge in [0.15, 0.2) is 10.6 Å². The predicted molar refractivity (Wildman–Crippen MR) is 66.9 cm³/mol. The number of halogens is 3. The Morgan fingerprint density at radius 2 is 1.84 bits per heavy atom. The molecule has 0 saturated heterocycles. The van der Waals surface area contributed by atoms with Crippen LogP contribution in [0.5, 0.6) is 0 Å². The van der Waals surface area contributed by atoms with Gasteiger partial charge >= 0.3 is 6.18 Å². The van der Waals surface area contributed by atoms with Crippen molar-refractivity contribution in [3.8, 4) is 0 Å². The second-order valence-corrected chi connectivity index (χ2v) is 4.86. The first-order valence-electron chi connectivity index (χ1n) is 5.09. The molecule has 0 amide bonds. The molecule has 104 valence electrons. The summed E-state index contributed by atoms with van der Waals surface area (Å²) in [6.07, 6.45) is -4.88. The maximum atomic E-state index is 12.4. The van der Waals surface area contributed by atoms with Gasteiger partial charge < -0.3 is 15.6 Å². The van der Waals surface area contributed by atoms with E-state index in [1.54, 1.807) is 18.2 Å². The first-order valence-corrected chi connectivity index (χ1v) is 6.24. The molecular formula is C11H12F3N3OS. The molecule has 1 aromatic carbocycles. The fourth-order valence-corrected chi connectivity index (χ4v) is 2.38. The zero-order chi connectivity index (χ0) is 14.6. The molecule has 0 aromatic heterocycles. The van der Waals surface area contributed by atoms with Gasteiger partial charge in [-0.25, -0.2) is 0 Å². The maximum absolute atomic E-state index is 12.4. The van der Waals surface area contributed by atoms with Crippen LogP contribution >= 0.6 is 0 Å². The van der Waals surface area contributed by atoms with Gasteiger partial charge in [-0.2, -0.15) is 13.2 Å². The Labute approximate surface area is 111 Å². The Morgan fingerprint density at radius 3 is 2.26 bits per heavy atom. The molecule has 0 aliphatic carbocycles. The molecule has 1 unspecified atom stereocenters. The van der Waals surface area contributed by atoms with Crippen LogP contribution in [0.1, 0.15) is 0 Å². The topological polar surface area (TPSA) is 85.0 Å². The van der Waals surface area contributed by atoms with Crippen molar-refractivity contribution in [1.82, 2.24) is 5.32 Å². The highest BCUT2D eigenvalue weighted by molar-refractivity contribution is 7.95. The van der Waals surface area contributed by atoms with Crippen LogP contribution in [0.4, 0.5) is 13.2 Å². The Balaban J connectivity index is 3.16. The van der Waals surface area contributed by atoms with Crippen LogP contribution in [0.15, 0.2) is 46.0 Å². The van der Waals surface area contributed by atoms with Crippen LogP contribution in [0.2, 0.25) is 0 Å². The average Bonchev–Trinajstić information content (AvgIpc) is 2.38. The first-order chi connectivity index (χ1) is 8.79. The number of benzene rings is 1. The van der Waals surface area contributed by atoms with E-state index >= 15 is 0 Å². The van der Waals surface area contributed by atoms with E-state index in [-0.39, 0.29) is 5.03 Å². The van der Waals surface area contributed by atoms with Crippen molar-refractivity contribution >= 4 is 16.9 Å². The lowest BCUT2D eigenvalue weighted by Crippen LogP contribution is -2.33. The largest absolute Gasteiger partial charge is 0.605 e. The molecule has 0 aliphatic heterocycles. The van der Waals surface area contributed by atoms with E-state index in [4.69, 9.17) is 11.1 Å². The minimum absolute atomic E-state index is 0.296. The lowest BCUT2D eigenvalue weighted by molar-refractivity contribution is -0.0590. The lowest BCUT2D eigenvalue weighted by Gasteiger charge is -2.16. The predicted octanol–water partition coefficient (Wildman–Crippen LogP) is 1.72. The van der Waals surface area contributed by atoms with Gasteiger partial charge in [0, 0.05) is 18.2 Å². The number of hydrogen-bond donors (Lipinski definition) is 3. The maximum Gasteiger partial charge on any atom is 0.434 e. The number of rotatable bonds is 4. The standard InChI is InChI=1S/C11H12F3N3OS/c1-17-10(8(15)9(16)11(12,13)14)19(18)7-5-3-2-4-6-7/h2-6,16-17H,15H2,1H3/b10-8-,16-9?. The van der Waals surface area contributed by atoms with Gasteiger partial charge in [0.25, 0.3) is 0 Å². The summed E-state index contributed by atoms with van der Waals surface area (Å²) in [7, 11) is 1.30. The van der Waals surface area contributed by atoms with Gasteiger partial charge in [-0.15, -0.1) is 0 Å². The van der Waals surface area contributed by atoms with E-state index in [9.17, 15) is 17.7 Å². The molecule has 1 rings (SSSR count). The van der Waals surface area contributed by atoms with Crippen molar-refractivity contribution in [1.29, 1.82) is 5.41 Å². The summed E-state index contributed by atoms with van der Waals surface area (Å²) < 4.78 is 49.3. The van der Waals surface area contributed by atoms with Gasteiger partial charge in [-0.05, 0) is 12.1 Å². The van der Waals surface area contributed by atoms with E-state index in [2.05, 4.69) is 5.32 Å². The van der Waals surface area contributed by atoms with E-state index < -0.39 is 28.8 Å². The molecule has 4 nitrogen and oxygen atoms in total. The highest BCUT2D eigenvalue weighted by Crippen LogP contribution is 2.24. The molecule has 0 aliphatic rings. The summed E-state index contributed by atoms with van der Waals surface area (Å²) in [6.45, 7) is 0. The van der Waals surface area contributed by atoms with Crippen molar-refractivity contribution in [2.45, 2.75) is 11.1 Å². The summed E-state index contributed by atoms with van der Waals surface area (Å²) in [5.41, 5.74) is 2.68. The van der Waals surface area contributed by atoms with E-state index in [0.717, 1.165) is 0 Å². The zero-order valence-corrected chi connectivity index (χ0v) is 10.7. The molecule has 0 saturated carbocycles. The molecule has 0 heterocycles. The average molecular weight is 291 g/mol. The fourth-order valence-electron chi connectivity index (χ4n) is 1.26. The second-order valence-electron chi connectivity index (χ2n) is 3.45. The third-order valence-electron chi connectivity index (χ3n) is 2.17. The monoisotopic (exact) mass is 291 g/mol. The molecule has 0 spiro atoms. The number of nitrogens with one attached hydrogen (secondary N) is 2. The van der Waals surface area contributed by atoms with E-state index in [0.29, 0.717) is 4.90 Å². The van der Waals surface area contributed by atoms with Crippen molar-refractivity contribution in [2.24, 2.45) is 5.73 Å². The van der Waals surface area contributed by atoms with Crippen LogP contribution in [0.3, 0.4) is 0 Å². The summed E-state index contributed by atoms with van der Waals surface area (Å²) in [5, 5.41) is 8.98. The van der Waals surface area contributed by atoms with Crippen LogP contribution in [0, 0.1) is 5.41 Å². The van der Waals surface area contributed by atoms with E-state index in [1.165, 1.54) is 19.2 Å². The number of nitrogens with two attached hydrogens (primary N) is 1. The van der Waals surface area contributed by atoms with Crippen molar-refractivity contribution in [2.75, 3.05) is 7.05 Å². The third kappa shape index (κ3) is 3.65. The highest BCUT2D eigenvalue weighted by Gasteiger charge is 2.39. The molecule has 0 bridgehead atoms. The fraction of sp³-hybridized carbons (Fsp3) is 0.182. The zero-order valence-electron chi connectivity index (χ0n) is 9.91. The first kappa shape index (κ1) is 15.4. The summed E-state index contributed by atoms with van der Waals surface area (Å²) >= 11 is -1.90. The Bertz CT molecular complexity index is 488. The van der Waals surface area contributed by atoms with Gasteiger partial charge in [-0.1, -0.05) is 18.2 Å². The Morgan fingerprint density at radius 1 is 1.32 bits per heavy atom. The van der Waals surface area contributed by atoms with Gasteiger partial charge in [0.1, 0.15) is 5.70 Å². The highest BCUT2D eigenvalue weighted by atomic mass is 32.2. The van der Waals surface area contributed by atoms with Gasteiger partial charge in [0.05, 0.1) is 0 Å². The minimum Gasteiger partial charge on any atom is -0.605 e. The SMILES string of the molecule is CN/C(=C(/N)C(=N)C(F)(F)F)[S+]([O-])c1ccccc1. The number of allylic oxidation sites excluding steroid dienone is 1. The summed E-state index contributed by atoms with van der Waals surface area (Å²) in [5.74, 6) is 0. The molecule has 0 fully saturated rings. The molecule has 1 atom stereocenters. The van der Waals surface area contributed by atoms with Crippen LogP contribution in [0.25, 0.3) is 0 Å². The van der Waals surface area contributed by atoms with Gasteiger partial charge in [-0.3, -0.25) is 5.41 Å². The molecule has 8 heteroatoms. The van der Waals surface area contributed by atoms with Crippen LogP contribution in [-0.2, 0) is 11.2 Å². The quantitative estimate of drug-likeness (QED) is 0.583. The van der Waals surface area contributed by atoms with Crippen LogP contribution in [-0.4, -0.2) is 23.5 Å². The number of hydrogen-bond acceptors (Lipinski definition) is 4. The molecule has 1 aromatic rings. The third-order valence-corrected chi connectivity index (χ3v) is 3.66. The summed E-state index contributed by atoms with van der Waals surface area (Å²) in [6, 6.07) is 7.89. The minimum atomic E-state index is -4.88. The number of alkyl halides is 3. The smallest absolute Gasteiger partial charge is 0.434 e. The lowest BCUT2D eigenvalue weighted by atomic mass is 10.3. The summed E-state index contributed by atoms with van der Waals surface area (Å²) in [4.78, 5) is 0.296. The van der Waals surface area contributed by atoms with E-state index in [1.807, 2.05) is 0 Å². The molecule has 0 radical (unpaired) electrons. The van der Waals surface area contributed by atoms with Crippen molar-refractivity contribution in [3.63, 3.8) is 0 Å². The Hall–Kier alpha value is -1.67. The van der Waals surface area contributed by atoms with Crippen LogP contribution < -0.4 is 11.1 Å². The molecular weight excluding hydrogens is 279 g/mol. The van der Waals surface area contributed by atoms with Crippen molar-refractivity contribution < 1.29 is 17.7 Å². The van der Waals surface area contributed by atoms with Gasteiger partial charge in [0.2, 0.25) is 5.03 Å². The van der Waals surface area contributed by atoms with Crippen molar-refractivity contribution in [3.05, 3.63) is 41.1 Å².